The Morgan fingerprint density at radius 1 is 1.07 bits per heavy atom. The highest BCUT2D eigenvalue weighted by Gasteiger charge is 2.31. The summed E-state index contributed by atoms with van der Waals surface area (Å²) in [4.78, 5) is 26.0. The monoisotopic (exact) mass is 479 g/mol. The fourth-order valence-electron chi connectivity index (χ4n) is 3.36. The lowest BCUT2D eigenvalue weighted by atomic mass is 10.2. The van der Waals surface area contributed by atoms with Gasteiger partial charge in [0.05, 0.1) is 10.4 Å². The number of oxazole rings is 1. The molecule has 1 fully saturated rings. The number of sulfonamides is 1. The Morgan fingerprint density at radius 2 is 1.79 bits per heavy atom. The third kappa shape index (κ3) is 3.63. The zero-order valence-corrected chi connectivity index (χ0v) is 17.9. The van der Waals surface area contributed by atoms with Crippen LogP contribution in [0.25, 0.3) is 11.1 Å². The molecular formula is C19H18BrN3O5S. The zero-order valence-electron chi connectivity index (χ0n) is 15.5. The van der Waals surface area contributed by atoms with Crippen LogP contribution in [0.4, 0.5) is 0 Å². The van der Waals surface area contributed by atoms with E-state index in [0.717, 1.165) is 4.47 Å². The molecule has 0 radical (unpaired) electrons. The van der Waals surface area contributed by atoms with Crippen LogP contribution in [-0.2, 0) is 17.1 Å². The fourth-order valence-corrected chi connectivity index (χ4v) is 5.20. The van der Waals surface area contributed by atoms with Gasteiger partial charge in [-0.25, -0.2) is 13.2 Å². The van der Waals surface area contributed by atoms with E-state index >= 15 is 0 Å². The quantitative estimate of drug-likeness (QED) is 0.572. The molecule has 8 nitrogen and oxygen atoms in total. The molecule has 1 aliphatic heterocycles. The first kappa shape index (κ1) is 19.9. The number of nitrogens with zero attached hydrogens (tertiary/aromatic N) is 3. The minimum atomic E-state index is -3.76. The normalized spacial score (nSPS) is 15.7. The third-order valence-corrected chi connectivity index (χ3v) is 7.39. The number of fused-ring (bicyclic) bond motifs is 1. The molecule has 0 spiro atoms. The van der Waals surface area contributed by atoms with Crippen LogP contribution in [0.2, 0.25) is 0 Å². The van der Waals surface area contributed by atoms with Gasteiger partial charge in [-0.2, -0.15) is 4.31 Å². The van der Waals surface area contributed by atoms with Gasteiger partial charge in [0, 0.05) is 49.3 Å². The molecule has 3 aromatic rings. The first-order valence-electron chi connectivity index (χ1n) is 8.92. The highest BCUT2D eigenvalue weighted by molar-refractivity contribution is 9.10. The van der Waals surface area contributed by atoms with Crippen LogP contribution in [0.3, 0.4) is 0 Å². The number of hydrogen-bond donors (Lipinski definition) is 0. The number of rotatable bonds is 3. The van der Waals surface area contributed by atoms with E-state index in [9.17, 15) is 18.0 Å². The van der Waals surface area contributed by atoms with Crippen LogP contribution in [0, 0.1) is 0 Å². The van der Waals surface area contributed by atoms with Gasteiger partial charge in [0.2, 0.25) is 10.0 Å². The molecule has 1 amide bonds. The van der Waals surface area contributed by atoms with Crippen LogP contribution < -0.4 is 5.76 Å². The standard InChI is InChI=1S/C19H18BrN3O5S/c1-21-16-6-5-15(12-17(16)28-19(21)25)29(26,27)23-9-7-22(8-10-23)18(24)13-3-2-4-14(20)11-13/h2-6,11-12H,7-10H2,1H3. The highest BCUT2D eigenvalue weighted by atomic mass is 79.9. The molecule has 0 unspecified atom stereocenters. The van der Waals surface area contributed by atoms with Gasteiger partial charge in [-0.3, -0.25) is 9.36 Å². The third-order valence-electron chi connectivity index (χ3n) is 5.00. The summed E-state index contributed by atoms with van der Waals surface area (Å²) >= 11 is 3.35. The molecule has 1 aliphatic rings. The molecule has 2 aromatic carbocycles. The summed E-state index contributed by atoms with van der Waals surface area (Å²) in [5.74, 6) is -0.676. The van der Waals surface area contributed by atoms with Gasteiger partial charge in [0.15, 0.2) is 5.58 Å². The van der Waals surface area contributed by atoms with E-state index in [4.69, 9.17) is 4.42 Å². The van der Waals surface area contributed by atoms with E-state index in [-0.39, 0.29) is 29.5 Å². The average molecular weight is 480 g/mol. The van der Waals surface area contributed by atoms with Gasteiger partial charge < -0.3 is 9.32 Å². The fraction of sp³-hybridized carbons (Fsp3) is 0.263. The van der Waals surface area contributed by atoms with Crippen molar-refractivity contribution in [3.63, 3.8) is 0 Å². The van der Waals surface area contributed by atoms with E-state index in [2.05, 4.69) is 15.9 Å². The number of aryl methyl sites for hydroxylation is 1. The number of piperazine rings is 1. The molecular weight excluding hydrogens is 462 g/mol. The number of carbonyl (C=O) groups is 1. The average Bonchev–Trinajstić information content (AvgIpc) is 3.00. The second-order valence-electron chi connectivity index (χ2n) is 6.76. The van der Waals surface area contributed by atoms with Crippen molar-refractivity contribution in [2.24, 2.45) is 7.05 Å². The summed E-state index contributed by atoms with van der Waals surface area (Å²) in [5.41, 5.74) is 1.31. The molecule has 2 heterocycles. The van der Waals surface area contributed by atoms with Crippen molar-refractivity contribution in [3.05, 3.63) is 63.1 Å². The summed E-state index contributed by atoms with van der Waals surface area (Å²) in [6.45, 7) is 0.984. The van der Waals surface area contributed by atoms with Crippen molar-refractivity contribution >= 4 is 43.0 Å². The zero-order chi connectivity index (χ0) is 20.8. The maximum Gasteiger partial charge on any atom is 0.419 e. The number of aromatic nitrogens is 1. The van der Waals surface area contributed by atoms with Gasteiger partial charge in [-0.05, 0) is 30.3 Å². The van der Waals surface area contributed by atoms with Crippen molar-refractivity contribution in [1.29, 1.82) is 0 Å². The highest BCUT2D eigenvalue weighted by Crippen LogP contribution is 2.23. The molecule has 1 saturated heterocycles. The molecule has 0 saturated carbocycles. The molecule has 0 aliphatic carbocycles. The first-order chi connectivity index (χ1) is 13.8. The Balaban J connectivity index is 1.51. The number of amides is 1. The summed E-state index contributed by atoms with van der Waals surface area (Å²) < 4.78 is 34.6. The van der Waals surface area contributed by atoms with E-state index < -0.39 is 15.8 Å². The summed E-state index contributed by atoms with van der Waals surface area (Å²) in [7, 11) is -2.20. The SMILES string of the molecule is Cn1c(=O)oc2cc(S(=O)(=O)N3CCN(C(=O)c4cccc(Br)c4)CC3)ccc21. The summed E-state index contributed by atoms with van der Waals surface area (Å²) in [5, 5.41) is 0. The van der Waals surface area contributed by atoms with Crippen molar-refractivity contribution < 1.29 is 17.6 Å². The van der Waals surface area contributed by atoms with Crippen LogP contribution >= 0.6 is 15.9 Å². The van der Waals surface area contributed by atoms with Crippen molar-refractivity contribution in [2.75, 3.05) is 26.2 Å². The Morgan fingerprint density at radius 3 is 2.48 bits per heavy atom. The second kappa shape index (κ2) is 7.43. The first-order valence-corrected chi connectivity index (χ1v) is 11.2. The maximum absolute atomic E-state index is 13.0. The molecule has 29 heavy (non-hydrogen) atoms. The van der Waals surface area contributed by atoms with Gasteiger partial charge >= 0.3 is 5.76 Å². The number of hydrogen-bond acceptors (Lipinski definition) is 5. The number of carbonyl (C=O) groups excluding carboxylic acids is 1. The van der Waals surface area contributed by atoms with Gasteiger partial charge in [0.25, 0.3) is 5.91 Å². The Labute approximate surface area is 175 Å². The lowest BCUT2D eigenvalue weighted by Gasteiger charge is -2.34. The minimum Gasteiger partial charge on any atom is -0.408 e. The van der Waals surface area contributed by atoms with Crippen molar-refractivity contribution in [3.8, 4) is 0 Å². The molecule has 152 valence electrons. The van der Waals surface area contributed by atoms with E-state index in [1.54, 1.807) is 36.2 Å². The number of halogens is 1. The lowest BCUT2D eigenvalue weighted by molar-refractivity contribution is 0.0698. The minimum absolute atomic E-state index is 0.0612. The molecule has 1 aromatic heterocycles. The predicted octanol–water partition coefficient (Wildman–Crippen LogP) is 2.04. The lowest BCUT2D eigenvalue weighted by Crippen LogP contribution is -2.50. The Hall–Kier alpha value is -2.43. The largest absolute Gasteiger partial charge is 0.419 e. The molecule has 4 rings (SSSR count). The second-order valence-corrected chi connectivity index (χ2v) is 9.62. The summed E-state index contributed by atoms with van der Waals surface area (Å²) in [6.07, 6.45) is 0. The Kier molecular flexibility index (Phi) is 5.09. The molecule has 0 bridgehead atoms. The molecule has 0 atom stereocenters. The maximum atomic E-state index is 13.0. The van der Waals surface area contributed by atoms with Crippen LogP contribution in [0.1, 0.15) is 10.4 Å². The van der Waals surface area contributed by atoms with Crippen molar-refractivity contribution in [2.45, 2.75) is 4.90 Å². The molecule has 10 heteroatoms. The van der Waals surface area contributed by atoms with Gasteiger partial charge in [-0.15, -0.1) is 0 Å². The van der Waals surface area contributed by atoms with Crippen LogP contribution in [0.5, 0.6) is 0 Å². The van der Waals surface area contributed by atoms with Crippen LogP contribution in [0.15, 0.2) is 61.0 Å². The van der Waals surface area contributed by atoms with Crippen molar-refractivity contribution in [1.82, 2.24) is 13.8 Å². The van der Waals surface area contributed by atoms with Crippen LogP contribution in [-0.4, -0.2) is 54.3 Å². The summed E-state index contributed by atoms with van der Waals surface area (Å²) in [6, 6.07) is 11.5. The van der Waals surface area contributed by atoms with Gasteiger partial charge in [0.1, 0.15) is 0 Å². The van der Waals surface area contributed by atoms with E-state index in [1.807, 2.05) is 6.07 Å². The molecule has 0 N–H and O–H groups in total. The van der Waals surface area contributed by atoms with E-state index in [1.165, 1.54) is 21.0 Å². The van der Waals surface area contributed by atoms with E-state index in [0.29, 0.717) is 24.2 Å². The van der Waals surface area contributed by atoms with Gasteiger partial charge in [-0.1, -0.05) is 22.0 Å². The number of benzene rings is 2. The predicted molar refractivity (Wildman–Crippen MR) is 110 cm³/mol. The Bertz CT molecular complexity index is 1260. The topological polar surface area (TPSA) is 92.8 Å². The smallest absolute Gasteiger partial charge is 0.408 e.